The maximum absolute atomic E-state index is 12.5. The maximum Gasteiger partial charge on any atom is 0.238 e. The number of carbonyl (C=O) groups is 1. The molecule has 4 rings (SSSR count). The van der Waals surface area contributed by atoms with Gasteiger partial charge < -0.3 is 24.1 Å². The van der Waals surface area contributed by atoms with Crippen LogP contribution in [0.1, 0.15) is 5.69 Å². The Balaban J connectivity index is 1.27. The molecule has 1 fully saturated rings. The fourth-order valence-electron chi connectivity index (χ4n) is 3.60. The molecule has 0 unspecified atom stereocenters. The van der Waals surface area contributed by atoms with Crippen molar-refractivity contribution in [1.29, 1.82) is 0 Å². The second-order valence-corrected chi connectivity index (χ2v) is 7.74. The number of nitrogens with one attached hydrogen (secondary N) is 1. The highest BCUT2D eigenvalue weighted by atomic mass is 16.5. The van der Waals surface area contributed by atoms with Crippen LogP contribution in [-0.2, 0) is 16.1 Å². The van der Waals surface area contributed by atoms with E-state index in [1.54, 1.807) is 13.4 Å². The summed E-state index contributed by atoms with van der Waals surface area (Å²) in [6, 6.07) is 15.4. The van der Waals surface area contributed by atoms with E-state index >= 15 is 0 Å². The monoisotopic (exact) mass is 436 g/mol. The molecule has 1 saturated heterocycles. The molecule has 0 radical (unpaired) electrons. The number of morpholine rings is 1. The molecule has 1 amide bonds. The molecule has 168 valence electrons. The van der Waals surface area contributed by atoms with Crippen molar-refractivity contribution in [2.45, 2.75) is 6.54 Å². The number of carbonyl (C=O) groups excluding carboxylic acids is 1. The van der Waals surface area contributed by atoms with Gasteiger partial charge in [-0.05, 0) is 55.6 Å². The summed E-state index contributed by atoms with van der Waals surface area (Å²) in [6.45, 7) is 4.02. The Morgan fingerprint density at radius 1 is 1.12 bits per heavy atom. The van der Waals surface area contributed by atoms with Crippen molar-refractivity contribution in [2.24, 2.45) is 0 Å². The first kappa shape index (κ1) is 21.9. The summed E-state index contributed by atoms with van der Waals surface area (Å²) in [7, 11) is 3.51. The minimum Gasteiger partial charge on any atom is -0.497 e. The first-order valence-corrected chi connectivity index (χ1v) is 10.6. The molecule has 8 heteroatoms. The summed E-state index contributed by atoms with van der Waals surface area (Å²) in [5.41, 5.74) is 3.56. The number of likely N-dealkylation sites (N-methyl/N-ethyl adjacent to an activating group) is 1. The van der Waals surface area contributed by atoms with E-state index < -0.39 is 0 Å². The van der Waals surface area contributed by atoms with Gasteiger partial charge in [0.15, 0.2) is 0 Å². The number of hydrogen-bond donors (Lipinski definition) is 1. The lowest BCUT2D eigenvalue weighted by Crippen LogP contribution is -2.36. The number of ether oxygens (including phenoxy) is 2. The first-order chi connectivity index (χ1) is 15.6. The number of rotatable bonds is 8. The number of oxazole rings is 1. The van der Waals surface area contributed by atoms with Crippen LogP contribution in [0.4, 0.5) is 11.4 Å². The molecule has 1 aliphatic rings. The zero-order chi connectivity index (χ0) is 22.3. The topological polar surface area (TPSA) is 80.1 Å². The van der Waals surface area contributed by atoms with Gasteiger partial charge in [-0.15, -0.1) is 0 Å². The number of anilines is 2. The van der Waals surface area contributed by atoms with E-state index in [2.05, 4.69) is 15.2 Å². The number of hydrogen-bond acceptors (Lipinski definition) is 7. The van der Waals surface area contributed by atoms with E-state index in [-0.39, 0.29) is 12.5 Å². The largest absolute Gasteiger partial charge is 0.497 e. The number of methoxy groups -OCH3 is 1. The van der Waals surface area contributed by atoms with E-state index in [1.165, 1.54) is 0 Å². The average Bonchev–Trinajstić information content (AvgIpc) is 3.28. The van der Waals surface area contributed by atoms with Crippen molar-refractivity contribution < 1.29 is 18.7 Å². The Morgan fingerprint density at radius 3 is 2.53 bits per heavy atom. The molecule has 1 N–H and O–H groups in total. The Bertz CT molecular complexity index is 1010. The molecular formula is C24H28N4O4. The van der Waals surface area contributed by atoms with Crippen LogP contribution in [0.25, 0.3) is 11.5 Å². The molecule has 3 aromatic rings. The van der Waals surface area contributed by atoms with Crippen molar-refractivity contribution in [1.82, 2.24) is 9.88 Å². The summed E-state index contributed by atoms with van der Waals surface area (Å²) in [6.07, 6.45) is 1.62. The van der Waals surface area contributed by atoms with Gasteiger partial charge in [-0.25, -0.2) is 4.98 Å². The lowest BCUT2D eigenvalue weighted by atomic mass is 10.2. The average molecular weight is 437 g/mol. The fourth-order valence-corrected chi connectivity index (χ4v) is 3.60. The van der Waals surface area contributed by atoms with E-state index in [9.17, 15) is 4.79 Å². The second-order valence-electron chi connectivity index (χ2n) is 7.74. The minimum atomic E-state index is -0.0782. The van der Waals surface area contributed by atoms with Crippen molar-refractivity contribution in [2.75, 3.05) is 57.2 Å². The first-order valence-electron chi connectivity index (χ1n) is 10.6. The smallest absolute Gasteiger partial charge is 0.238 e. The third-order valence-electron chi connectivity index (χ3n) is 5.26. The van der Waals surface area contributed by atoms with E-state index in [1.807, 2.05) is 60.5 Å². The zero-order valence-electron chi connectivity index (χ0n) is 18.4. The molecule has 0 spiro atoms. The second kappa shape index (κ2) is 10.3. The van der Waals surface area contributed by atoms with Gasteiger partial charge in [-0.3, -0.25) is 9.69 Å². The van der Waals surface area contributed by atoms with Crippen LogP contribution in [0.3, 0.4) is 0 Å². The normalized spacial score (nSPS) is 13.9. The summed E-state index contributed by atoms with van der Waals surface area (Å²) in [5.74, 6) is 1.24. The maximum atomic E-state index is 12.5. The molecule has 0 saturated carbocycles. The molecule has 0 atom stereocenters. The van der Waals surface area contributed by atoms with Gasteiger partial charge in [0.25, 0.3) is 0 Å². The molecular weight excluding hydrogens is 408 g/mol. The van der Waals surface area contributed by atoms with Gasteiger partial charge in [-0.2, -0.15) is 0 Å². The molecule has 2 aromatic carbocycles. The van der Waals surface area contributed by atoms with Crippen molar-refractivity contribution in [3.63, 3.8) is 0 Å². The van der Waals surface area contributed by atoms with Crippen LogP contribution < -0.4 is 15.0 Å². The molecule has 0 bridgehead atoms. The summed E-state index contributed by atoms with van der Waals surface area (Å²) in [4.78, 5) is 21.2. The van der Waals surface area contributed by atoms with Gasteiger partial charge in [-0.1, -0.05) is 0 Å². The SMILES string of the molecule is COc1ccc(-c2nc(CN(C)CC(=O)Nc3ccc(N4CCOCC4)cc3)co2)cc1. The van der Waals surface area contributed by atoms with Crippen molar-refractivity contribution in [3.05, 3.63) is 60.5 Å². The summed E-state index contributed by atoms with van der Waals surface area (Å²) >= 11 is 0. The fraction of sp³-hybridized carbons (Fsp3) is 0.333. The predicted octanol–water partition coefficient (Wildman–Crippen LogP) is 3.26. The van der Waals surface area contributed by atoms with Gasteiger partial charge in [0.2, 0.25) is 11.8 Å². The third-order valence-corrected chi connectivity index (χ3v) is 5.26. The van der Waals surface area contributed by atoms with E-state index in [4.69, 9.17) is 13.9 Å². The standard InChI is InChI=1S/C24H28N4O4/c1-27(15-20-17-32-24(26-20)18-3-9-22(30-2)10-4-18)16-23(29)25-19-5-7-21(8-6-19)28-11-13-31-14-12-28/h3-10,17H,11-16H2,1-2H3,(H,25,29). The Labute approximate surface area is 187 Å². The Kier molecular flexibility index (Phi) is 7.03. The van der Waals surface area contributed by atoms with Crippen LogP contribution in [0.15, 0.2) is 59.2 Å². The molecule has 0 aliphatic carbocycles. The molecule has 8 nitrogen and oxygen atoms in total. The molecule has 1 aromatic heterocycles. The lowest BCUT2D eigenvalue weighted by Gasteiger charge is -2.28. The zero-order valence-corrected chi connectivity index (χ0v) is 18.4. The van der Waals surface area contributed by atoms with Crippen LogP contribution in [0.2, 0.25) is 0 Å². The number of benzene rings is 2. The lowest BCUT2D eigenvalue weighted by molar-refractivity contribution is -0.117. The van der Waals surface area contributed by atoms with Crippen LogP contribution >= 0.6 is 0 Å². The Morgan fingerprint density at radius 2 is 1.84 bits per heavy atom. The van der Waals surface area contributed by atoms with Crippen LogP contribution in [-0.4, -0.2) is 62.8 Å². The highest BCUT2D eigenvalue weighted by molar-refractivity contribution is 5.92. The molecule has 32 heavy (non-hydrogen) atoms. The third kappa shape index (κ3) is 5.66. The Hall–Kier alpha value is -3.36. The highest BCUT2D eigenvalue weighted by Gasteiger charge is 2.13. The number of nitrogens with zero attached hydrogens (tertiary/aromatic N) is 3. The van der Waals surface area contributed by atoms with Crippen LogP contribution in [0, 0.1) is 0 Å². The van der Waals surface area contributed by atoms with Gasteiger partial charge in [0.1, 0.15) is 12.0 Å². The number of aromatic nitrogens is 1. The minimum absolute atomic E-state index is 0.0782. The van der Waals surface area contributed by atoms with Crippen LogP contribution in [0.5, 0.6) is 5.75 Å². The van der Waals surface area contributed by atoms with Gasteiger partial charge in [0, 0.05) is 36.6 Å². The van der Waals surface area contributed by atoms with Gasteiger partial charge in [0.05, 0.1) is 32.6 Å². The van der Waals surface area contributed by atoms with Crippen molar-refractivity contribution in [3.8, 4) is 17.2 Å². The van der Waals surface area contributed by atoms with Gasteiger partial charge >= 0.3 is 0 Å². The van der Waals surface area contributed by atoms with E-state index in [0.717, 1.165) is 54.7 Å². The molecule has 1 aliphatic heterocycles. The summed E-state index contributed by atoms with van der Waals surface area (Å²) in [5, 5.41) is 2.95. The summed E-state index contributed by atoms with van der Waals surface area (Å²) < 4.78 is 16.2. The van der Waals surface area contributed by atoms with E-state index in [0.29, 0.717) is 12.4 Å². The predicted molar refractivity (Wildman–Crippen MR) is 123 cm³/mol. The number of amides is 1. The highest BCUT2D eigenvalue weighted by Crippen LogP contribution is 2.22. The van der Waals surface area contributed by atoms with Crippen molar-refractivity contribution >= 4 is 17.3 Å². The molecule has 2 heterocycles. The quantitative estimate of drug-likeness (QED) is 0.581.